The molecule has 0 aliphatic carbocycles. The fraction of sp³-hybridized carbons (Fsp3) is 0.316. The van der Waals surface area contributed by atoms with Gasteiger partial charge in [-0.05, 0) is 67.8 Å². The molecule has 4 heteroatoms. The molecule has 118 valence electrons. The summed E-state index contributed by atoms with van der Waals surface area (Å²) < 4.78 is 2.10. The summed E-state index contributed by atoms with van der Waals surface area (Å²) in [7, 11) is 0. The number of hydrogen-bond acceptors (Lipinski definition) is 3. The van der Waals surface area contributed by atoms with Crippen molar-refractivity contribution in [3.05, 3.63) is 51.7 Å². The molecular formula is C19H21N3S. The molecule has 0 fully saturated rings. The van der Waals surface area contributed by atoms with E-state index in [-0.39, 0.29) is 0 Å². The molecule has 0 radical (unpaired) electrons. The summed E-state index contributed by atoms with van der Waals surface area (Å²) in [6.45, 7) is 5.33. The molecule has 1 aliphatic rings. The molecule has 1 aliphatic heterocycles. The minimum atomic E-state index is 1.02. The number of nitrogens with one attached hydrogen (secondary N) is 1. The minimum absolute atomic E-state index is 1.02. The second-order valence-electron chi connectivity index (χ2n) is 6.25. The fourth-order valence-corrected chi connectivity index (χ4v) is 3.82. The number of aromatic nitrogens is 2. The smallest absolute Gasteiger partial charge is 0.133 e. The Morgan fingerprint density at radius 3 is 2.83 bits per heavy atom. The predicted molar refractivity (Wildman–Crippen MR) is 97.8 cm³/mol. The van der Waals surface area contributed by atoms with Gasteiger partial charge in [-0.2, -0.15) is 16.4 Å². The van der Waals surface area contributed by atoms with Crippen molar-refractivity contribution in [1.29, 1.82) is 0 Å². The number of thiophene rings is 1. The lowest BCUT2D eigenvalue weighted by Crippen LogP contribution is -2.07. The van der Waals surface area contributed by atoms with Crippen molar-refractivity contribution in [2.45, 2.75) is 33.1 Å². The van der Waals surface area contributed by atoms with Crippen molar-refractivity contribution in [2.24, 2.45) is 0 Å². The zero-order valence-corrected chi connectivity index (χ0v) is 14.4. The van der Waals surface area contributed by atoms with E-state index in [0.717, 1.165) is 24.3 Å². The number of rotatable bonds is 2. The second kappa shape index (κ2) is 5.85. The first kappa shape index (κ1) is 14.5. The van der Waals surface area contributed by atoms with Crippen LogP contribution in [0.5, 0.6) is 0 Å². The zero-order chi connectivity index (χ0) is 15.8. The highest BCUT2D eigenvalue weighted by Gasteiger charge is 2.21. The van der Waals surface area contributed by atoms with Gasteiger partial charge in [0.15, 0.2) is 0 Å². The van der Waals surface area contributed by atoms with E-state index in [1.807, 2.05) is 0 Å². The maximum absolute atomic E-state index is 4.98. The van der Waals surface area contributed by atoms with Gasteiger partial charge in [0.1, 0.15) is 5.82 Å². The van der Waals surface area contributed by atoms with Gasteiger partial charge in [0.25, 0.3) is 0 Å². The lowest BCUT2D eigenvalue weighted by atomic mass is 10.1. The van der Waals surface area contributed by atoms with E-state index < -0.39 is 0 Å². The maximum atomic E-state index is 4.98. The van der Waals surface area contributed by atoms with Crippen molar-refractivity contribution in [2.75, 3.05) is 11.9 Å². The third-order valence-electron chi connectivity index (χ3n) is 4.66. The number of benzene rings is 1. The SMILES string of the molecule is Cc1ccc(-n2nc(-c3ccsc3)c3c2NCCCC3)cc1C. The zero-order valence-electron chi connectivity index (χ0n) is 13.6. The Morgan fingerprint density at radius 1 is 1.13 bits per heavy atom. The van der Waals surface area contributed by atoms with Crippen LogP contribution >= 0.6 is 11.3 Å². The number of fused-ring (bicyclic) bond motifs is 1. The van der Waals surface area contributed by atoms with Gasteiger partial charge >= 0.3 is 0 Å². The van der Waals surface area contributed by atoms with Crippen LogP contribution in [-0.4, -0.2) is 16.3 Å². The lowest BCUT2D eigenvalue weighted by Gasteiger charge is -2.10. The molecular weight excluding hydrogens is 302 g/mol. The van der Waals surface area contributed by atoms with Crippen LogP contribution in [0.25, 0.3) is 16.9 Å². The Balaban J connectivity index is 1.91. The van der Waals surface area contributed by atoms with Gasteiger partial charge in [0.2, 0.25) is 0 Å². The quantitative estimate of drug-likeness (QED) is 0.722. The standard InChI is InChI=1S/C19H21N3S/c1-13-6-7-16(11-14(13)2)22-19-17(5-3-4-9-20-19)18(21-22)15-8-10-23-12-15/h6-8,10-12,20H,3-5,9H2,1-2H3. The van der Waals surface area contributed by atoms with Crippen LogP contribution in [-0.2, 0) is 6.42 Å². The van der Waals surface area contributed by atoms with Gasteiger partial charge in [0, 0.05) is 23.1 Å². The summed E-state index contributed by atoms with van der Waals surface area (Å²) >= 11 is 1.73. The van der Waals surface area contributed by atoms with Crippen molar-refractivity contribution in [3.8, 4) is 16.9 Å². The molecule has 0 spiro atoms. The molecule has 1 N–H and O–H groups in total. The Bertz CT molecular complexity index is 831. The topological polar surface area (TPSA) is 29.9 Å². The van der Waals surface area contributed by atoms with E-state index in [4.69, 9.17) is 5.10 Å². The highest BCUT2D eigenvalue weighted by Crippen LogP contribution is 2.34. The van der Waals surface area contributed by atoms with Gasteiger partial charge in [-0.25, -0.2) is 4.68 Å². The van der Waals surface area contributed by atoms with Gasteiger partial charge in [0.05, 0.1) is 11.4 Å². The summed E-state index contributed by atoms with van der Waals surface area (Å²) in [5.74, 6) is 1.17. The third-order valence-corrected chi connectivity index (χ3v) is 5.34. The highest BCUT2D eigenvalue weighted by molar-refractivity contribution is 7.08. The first-order valence-electron chi connectivity index (χ1n) is 8.20. The molecule has 4 rings (SSSR count). The number of anilines is 1. The molecule has 0 bridgehead atoms. The van der Waals surface area contributed by atoms with Crippen LogP contribution in [0.15, 0.2) is 35.0 Å². The van der Waals surface area contributed by atoms with Crippen LogP contribution in [0, 0.1) is 13.8 Å². The Morgan fingerprint density at radius 2 is 2.04 bits per heavy atom. The molecule has 0 amide bonds. The van der Waals surface area contributed by atoms with E-state index in [0.29, 0.717) is 0 Å². The number of aryl methyl sites for hydroxylation is 2. The molecule has 0 saturated heterocycles. The fourth-order valence-electron chi connectivity index (χ4n) is 3.18. The summed E-state index contributed by atoms with van der Waals surface area (Å²) in [5.41, 5.74) is 7.49. The normalized spacial score (nSPS) is 14.2. The number of nitrogens with zero attached hydrogens (tertiary/aromatic N) is 2. The molecule has 23 heavy (non-hydrogen) atoms. The van der Waals surface area contributed by atoms with E-state index in [1.54, 1.807) is 11.3 Å². The van der Waals surface area contributed by atoms with Crippen LogP contribution < -0.4 is 5.32 Å². The predicted octanol–water partition coefficient (Wildman–Crippen LogP) is 4.97. The molecule has 0 saturated carbocycles. The minimum Gasteiger partial charge on any atom is -0.370 e. The molecule has 3 heterocycles. The van der Waals surface area contributed by atoms with Crippen LogP contribution in [0.4, 0.5) is 5.82 Å². The Hall–Kier alpha value is -2.07. The number of hydrogen-bond donors (Lipinski definition) is 1. The van der Waals surface area contributed by atoms with E-state index in [1.165, 1.54) is 40.9 Å². The van der Waals surface area contributed by atoms with Crippen LogP contribution in [0.2, 0.25) is 0 Å². The van der Waals surface area contributed by atoms with Crippen molar-refractivity contribution in [3.63, 3.8) is 0 Å². The summed E-state index contributed by atoms with van der Waals surface area (Å²) in [6, 6.07) is 8.74. The van der Waals surface area contributed by atoms with Gasteiger partial charge in [-0.3, -0.25) is 0 Å². The first-order chi connectivity index (χ1) is 11.2. The van der Waals surface area contributed by atoms with Crippen molar-refractivity contribution in [1.82, 2.24) is 9.78 Å². The van der Waals surface area contributed by atoms with E-state index >= 15 is 0 Å². The van der Waals surface area contributed by atoms with Gasteiger partial charge in [-0.15, -0.1) is 0 Å². The third kappa shape index (κ3) is 2.57. The first-order valence-corrected chi connectivity index (χ1v) is 9.14. The van der Waals surface area contributed by atoms with Crippen molar-refractivity contribution >= 4 is 17.2 Å². The van der Waals surface area contributed by atoms with Crippen LogP contribution in [0.3, 0.4) is 0 Å². The highest BCUT2D eigenvalue weighted by atomic mass is 32.1. The monoisotopic (exact) mass is 323 g/mol. The summed E-state index contributed by atoms with van der Waals surface area (Å²) in [5, 5.41) is 12.9. The molecule has 3 nitrogen and oxygen atoms in total. The average Bonchev–Trinajstić information content (AvgIpc) is 3.12. The largest absolute Gasteiger partial charge is 0.370 e. The lowest BCUT2D eigenvalue weighted by molar-refractivity contribution is 0.780. The molecule has 0 unspecified atom stereocenters. The summed E-state index contributed by atoms with van der Waals surface area (Å²) in [6.07, 6.45) is 3.53. The molecule has 0 atom stereocenters. The second-order valence-corrected chi connectivity index (χ2v) is 7.03. The van der Waals surface area contributed by atoms with Gasteiger partial charge in [-0.1, -0.05) is 6.07 Å². The molecule has 2 aromatic heterocycles. The maximum Gasteiger partial charge on any atom is 0.133 e. The van der Waals surface area contributed by atoms with E-state index in [2.05, 4.69) is 58.9 Å². The molecule has 3 aromatic rings. The van der Waals surface area contributed by atoms with Gasteiger partial charge < -0.3 is 5.32 Å². The van der Waals surface area contributed by atoms with Crippen LogP contribution in [0.1, 0.15) is 29.5 Å². The average molecular weight is 323 g/mol. The van der Waals surface area contributed by atoms with E-state index in [9.17, 15) is 0 Å². The Kier molecular flexibility index (Phi) is 3.69. The summed E-state index contributed by atoms with van der Waals surface area (Å²) in [4.78, 5) is 0. The molecule has 1 aromatic carbocycles. The van der Waals surface area contributed by atoms with Crippen molar-refractivity contribution < 1.29 is 0 Å². The Labute approximate surface area is 141 Å².